The lowest BCUT2D eigenvalue weighted by Crippen LogP contribution is -2.04. The van der Waals surface area contributed by atoms with E-state index >= 15 is 0 Å². The molecule has 17 heavy (non-hydrogen) atoms. The zero-order valence-corrected chi connectivity index (χ0v) is 11.0. The summed E-state index contributed by atoms with van der Waals surface area (Å²) in [6.07, 6.45) is 3.81. The molecule has 1 aromatic rings. The third kappa shape index (κ3) is 5.63. The number of nitrogens with one attached hydrogen (secondary N) is 1. The normalized spacial score (nSPS) is 12.1. The maximum atomic E-state index is 11.5. The number of rotatable bonds is 8. The summed E-state index contributed by atoms with van der Waals surface area (Å²) in [5, 5.41) is 6.87. The number of hydrogen-bond acceptors (Lipinski definition) is 3. The van der Waals surface area contributed by atoms with Crippen LogP contribution in [0.4, 0.5) is 0 Å². The van der Waals surface area contributed by atoms with E-state index in [0.29, 0.717) is 12.2 Å². The monoisotopic (exact) mass is 253 g/mol. The molecule has 0 heterocycles. The average Bonchev–Trinajstić information content (AvgIpc) is 2.37. The molecule has 0 aromatic heterocycles. The van der Waals surface area contributed by atoms with Crippen molar-refractivity contribution in [1.29, 1.82) is 5.41 Å². The molecule has 1 atom stereocenters. The molecule has 94 valence electrons. The minimum absolute atomic E-state index is 0.617. The molecule has 0 radical (unpaired) electrons. The Morgan fingerprint density at radius 3 is 2.59 bits per heavy atom. The van der Waals surface area contributed by atoms with Gasteiger partial charge in [0.05, 0.1) is 7.11 Å². The first-order valence-corrected chi connectivity index (χ1v) is 7.22. The molecule has 0 saturated carbocycles. The maximum Gasteiger partial charge on any atom is 0.118 e. The Morgan fingerprint density at radius 2 is 2.00 bits per heavy atom. The Bertz CT molecular complexity index is 362. The highest BCUT2D eigenvalue weighted by molar-refractivity contribution is 7.84. The minimum Gasteiger partial charge on any atom is -0.497 e. The summed E-state index contributed by atoms with van der Waals surface area (Å²) in [6.45, 7) is 0. The van der Waals surface area contributed by atoms with Crippen molar-refractivity contribution in [2.24, 2.45) is 0 Å². The van der Waals surface area contributed by atoms with Crippen LogP contribution in [0.5, 0.6) is 5.75 Å². The van der Waals surface area contributed by atoms with E-state index in [9.17, 15) is 4.21 Å². The Balaban J connectivity index is 2.25. The van der Waals surface area contributed by atoms with E-state index in [-0.39, 0.29) is 0 Å². The summed E-state index contributed by atoms with van der Waals surface area (Å²) >= 11 is 0. The van der Waals surface area contributed by atoms with Gasteiger partial charge in [-0.3, -0.25) is 4.21 Å². The van der Waals surface area contributed by atoms with Crippen molar-refractivity contribution in [3.05, 3.63) is 29.8 Å². The van der Waals surface area contributed by atoms with E-state index in [1.807, 2.05) is 24.3 Å². The topological polar surface area (TPSA) is 50.2 Å². The maximum absolute atomic E-state index is 11.5. The number of aryl methyl sites for hydroxylation is 1. The van der Waals surface area contributed by atoms with E-state index in [0.717, 1.165) is 24.3 Å². The highest BCUT2D eigenvalue weighted by atomic mass is 32.2. The largest absolute Gasteiger partial charge is 0.497 e. The summed E-state index contributed by atoms with van der Waals surface area (Å²) in [7, 11) is 0.879. The van der Waals surface area contributed by atoms with E-state index in [1.54, 1.807) is 7.11 Å². The van der Waals surface area contributed by atoms with Crippen molar-refractivity contribution >= 4 is 17.0 Å². The summed E-state index contributed by atoms with van der Waals surface area (Å²) in [6, 6.07) is 7.97. The van der Waals surface area contributed by atoms with Crippen molar-refractivity contribution in [3.63, 3.8) is 0 Å². The van der Waals surface area contributed by atoms with Gasteiger partial charge < -0.3 is 10.1 Å². The molecule has 4 heteroatoms. The highest BCUT2D eigenvalue weighted by Crippen LogP contribution is 2.12. The molecule has 0 aliphatic heterocycles. The van der Waals surface area contributed by atoms with Crippen molar-refractivity contribution in [3.8, 4) is 5.75 Å². The highest BCUT2D eigenvalue weighted by Gasteiger charge is 2.00. The zero-order chi connectivity index (χ0) is 12.5. The van der Waals surface area contributed by atoms with E-state index in [4.69, 9.17) is 10.1 Å². The van der Waals surface area contributed by atoms with Gasteiger partial charge in [0.1, 0.15) is 5.75 Å². The fourth-order valence-electron chi connectivity index (χ4n) is 1.52. The van der Waals surface area contributed by atoms with E-state index in [2.05, 4.69) is 0 Å². The van der Waals surface area contributed by atoms with Gasteiger partial charge in [0.2, 0.25) is 0 Å². The lowest BCUT2D eigenvalue weighted by atomic mass is 10.1. The second kappa shape index (κ2) is 8.01. The lowest BCUT2D eigenvalue weighted by molar-refractivity contribution is 0.414. The van der Waals surface area contributed by atoms with Crippen LogP contribution in [0.1, 0.15) is 18.4 Å². The van der Waals surface area contributed by atoms with Crippen LogP contribution in [-0.4, -0.2) is 29.0 Å². The summed E-state index contributed by atoms with van der Waals surface area (Å²) < 4.78 is 16.6. The number of benzene rings is 1. The first-order chi connectivity index (χ1) is 8.26. The molecule has 1 aromatic carbocycles. The SMILES string of the molecule is COc1ccc(CCCS(=O)CCC=N)cc1. The van der Waals surface area contributed by atoms with Crippen LogP contribution in [0.15, 0.2) is 24.3 Å². The first-order valence-electron chi connectivity index (χ1n) is 5.73. The predicted molar refractivity (Wildman–Crippen MR) is 72.6 cm³/mol. The molecule has 0 bridgehead atoms. The molecular weight excluding hydrogens is 234 g/mol. The Labute approximate surface area is 105 Å². The van der Waals surface area contributed by atoms with Crippen molar-refractivity contribution in [2.45, 2.75) is 19.3 Å². The molecule has 1 unspecified atom stereocenters. The molecule has 0 fully saturated rings. The smallest absolute Gasteiger partial charge is 0.118 e. The van der Waals surface area contributed by atoms with Gasteiger partial charge in [-0.2, -0.15) is 0 Å². The first kappa shape index (κ1) is 13.9. The third-order valence-electron chi connectivity index (χ3n) is 2.49. The van der Waals surface area contributed by atoms with Crippen LogP contribution in [0.3, 0.4) is 0 Å². The molecule has 1 rings (SSSR count). The zero-order valence-electron chi connectivity index (χ0n) is 10.1. The van der Waals surface area contributed by atoms with Crippen molar-refractivity contribution < 1.29 is 8.95 Å². The van der Waals surface area contributed by atoms with Gasteiger partial charge in [-0.1, -0.05) is 12.1 Å². The minimum atomic E-state index is -0.775. The number of methoxy groups -OCH3 is 1. The lowest BCUT2D eigenvalue weighted by Gasteiger charge is -2.03. The molecule has 0 aliphatic carbocycles. The number of hydrogen-bond donors (Lipinski definition) is 1. The van der Waals surface area contributed by atoms with Crippen molar-refractivity contribution in [1.82, 2.24) is 0 Å². The van der Waals surface area contributed by atoms with Crippen molar-refractivity contribution in [2.75, 3.05) is 18.6 Å². The number of ether oxygens (including phenoxy) is 1. The standard InChI is InChI=1S/C13H19NO2S/c1-16-13-7-5-12(6-8-13)4-2-10-17(15)11-3-9-14/h5-9,14H,2-4,10-11H2,1H3. The molecule has 1 N–H and O–H groups in total. The Kier molecular flexibility index (Phi) is 6.55. The summed E-state index contributed by atoms with van der Waals surface area (Å²) in [4.78, 5) is 0. The van der Waals surface area contributed by atoms with Gasteiger partial charge in [0, 0.05) is 22.3 Å². The second-order valence-electron chi connectivity index (χ2n) is 3.79. The fraction of sp³-hybridized carbons (Fsp3) is 0.462. The van der Waals surface area contributed by atoms with Gasteiger partial charge in [-0.25, -0.2) is 0 Å². The van der Waals surface area contributed by atoms with Crippen LogP contribution in [0.25, 0.3) is 0 Å². The predicted octanol–water partition coefficient (Wildman–Crippen LogP) is 2.42. The average molecular weight is 253 g/mol. The molecule has 0 amide bonds. The van der Waals surface area contributed by atoms with E-state index in [1.165, 1.54) is 11.8 Å². The van der Waals surface area contributed by atoms with Gasteiger partial charge >= 0.3 is 0 Å². The van der Waals surface area contributed by atoms with Crippen LogP contribution < -0.4 is 4.74 Å². The van der Waals surface area contributed by atoms with Crippen LogP contribution in [0, 0.1) is 5.41 Å². The Morgan fingerprint density at radius 1 is 1.29 bits per heavy atom. The summed E-state index contributed by atoms with van der Waals surface area (Å²) in [5.74, 6) is 2.20. The van der Waals surface area contributed by atoms with Crippen LogP contribution >= 0.6 is 0 Å². The quantitative estimate of drug-likeness (QED) is 0.723. The third-order valence-corrected chi connectivity index (χ3v) is 3.92. The second-order valence-corrected chi connectivity index (χ2v) is 5.49. The van der Waals surface area contributed by atoms with Gasteiger partial charge in [0.25, 0.3) is 0 Å². The van der Waals surface area contributed by atoms with Gasteiger partial charge in [-0.15, -0.1) is 0 Å². The van der Waals surface area contributed by atoms with Crippen LogP contribution in [0.2, 0.25) is 0 Å². The molecule has 3 nitrogen and oxygen atoms in total. The molecular formula is C13H19NO2S. The van der Waals surface area contributed by atoms with Crippen LogP contribution in [-0.2, 0) is 17.2 Å². The Hall–Kier alpha value is -1.16. The summed E-state index contributed by atoms with van der Waals surface area (Å²) in [5.41, 5.74) is 1.25. The fourth-order valence-corrected chi connectivity index (χ4v) is 2.57. The van der Waals surface area contributed by atoms with Gasteiger partial charge in [-0.05, 0) is 43.2 Å². The van der Waals surface area contributed by atoms with E-state index < -0.39 is 10.8 Å². The molecule has 0 aliphatic rings. The molecule has 0 spiro atoms. The molecule has 0 saturated heterocycles. The van der Waals surface area contributed by atoms with Gasteiger partial charge in [0.15, 0.2) is 0 Å².